The molecule has 0 spiro atoms. The predicted octanol–water partition coefficient (Wildman–Crippen LogP) is 5.22. The molecule has 112 valence electrons. The molecule has 0 bridgehead atoms. The van der Waals surface area contributed by atoms with Crippen molar-refractivity contribution in [2.45, 2.75) is 57.9 Å². The fraction of sp³-hybridized carbons (Fsp3) is 0.474. The zero-order valence-electron chi connectivity index (χ0n) is 13.5. The summed E-state index contributed by atoms with van der Waals surface area (Å²) in [5, 5.41) is 0. The van der Waals surface area contributed by atoms with E-state index in [4.69, 9.17) is 5.73 Å². The van der Waals surface area contributed by atoms with Crippen LogP contribution in [-0.2, 0) is 17.4 Å². The van der Waals surface area contributed by atoms with E-state index in [9.17, 15) is 0 Å². The Morgan fingerprint density at radius 2 is 1.62 bits per heavy atom. The van der Waals surface area contributed by atoms with Crippen molar-refractivity contribution in [2.75, 3.05) is 0 Å². The van der Waals surface area contributed by atoms with Crippen LogP contribution < -0.4 is 5.73 Å². The summed E-state index contributed by atoms with van der Waals surface area (Å²) in [5.41, 5.74) is 10.7. The van der Waals surface area contributed by atoms with Gasteiger partial charge in [0.25, 0.3) is 0 Å². The maximum atomic E-state index is 5.74. The van der Waals surface area contributed by atoms with Crippen LogP contribution in [0.1, 0.15) is 56.5 Å². The second-order valence-electron chi connectivity index (χ2n) is 7.50. The summed E-state index contributed by atoms with van der Waals surface area (Å²) in [6.45, 7) is 10.1. The smallest absolute Gasteiger partial charge is 0.0346 e. The fourth-order valence-electron chi connectivity index (χ4n) is 3.38. The second kappa shape index (κ2) is 4.96. The van der Waals surface area contributed by atoms with Gasteiger partial charge in [0.05, 0.1) is 0 Å². The molecule has 0 amide bonds. The quantitative estimate of drug-likeness (QED) is 0.808. The van der Waals surface area contributed by atoms with E-state index in [1.165, 1.54) is 39.3 Å². The summed E-state index contributed by atoms with van der Waals surface area (Å²) in [6, 6.07) is 11.4. The Morgan fingerprint density at radius 1 is 0.952 bits per heavy atom. The zero-order valence-corrected chi connectivity index (χ0v) is 14.3. The molecular formula is C19H25NS. The van der Waals surface area contributed by atoms with Crippen molar-refractivity contribution in [3.05, 3.63) is 46.3 Å². The van der Waals surface area contributed by atoms with Gasteiger partial charge in [-0.2, -0.15) is 0 Å². The van der Waals surface area contributed by atoms with Gasteiger partial charge in [-0.25, -0.2) is 0 Å². The van der Waals surface area contributed by atoms with Crippen molar-refractivity contribution in [1.29, 1.82) is 0 Å². The molecule has 1 aliphatic rings. The van der Waals surface area contributed by atoms with Crippen LogP contribution in [0, 0.1) is 0 Å². The van der Waals surface area contributed by atoms with E-state index in [2.05, 4.69) is 58.0 Å². The Bertz CT molecular complexity index is 664. The van der Waals surface area contributed by atoms with Crippen molar-refractivity contribution < 1.29 is 0 Å². The van der Waals surface area contributed by atoms with E-state index in [1.807, 2.05) is 11.3 Å². The molecule has 1 aromatic heterocycles. The monoisotopic (exact) mass is 299 g/mol. The van der Waals surface area contributed by atoms with E-state index in [0.717, 1.165) is 0 Å². The summed E-state index contributed by atoms with van der Waals surface area (Å²) in [5.74, 6) is 0. The number of nitrogens with two attached hydrogens (primary N) is 1. The Morgan fingerprint density at radius 3 is 2.24 bits per heavy atom. The molecule has 0 radical (unpaired) electrons. The standard InChI is InChI=1S/C19H25NS/c1-18(2)9-10-19(3,4)16-11-13(5-7-15(16)18)17-8-6-14(12-20)21-17/h5-8,11H,9-10,12,20H2,1-4H3. The summed E-state index contributed by atoms with van der Waals surface area (Å²) in [4.78, 5) is 2.58. The van der Waals surface area contributed by atoms with Crippen LogP contribution in [-0.4, -0.2) is 0 Å². The number of benzene rings is 1. The average Bonchev–Trinajstić information content (AvgIpc) is 2.93. The molecule has 0 saturated heterocycles. The van der Waals surface area contributed by atoms with Crippen LogP contribution in [0.5, 0.6) is 0 Å². The van der Waals surface area contributed by atoms with Gasteiger partial charge in [-0.05, 0) is 58.6 Å². The first kappa shape index (κ1) is 14.8. The molecule has 1 nitrogen and oxygen atoms in total. The van der Waals surface area contributed by atoms with E-state index in [1.54, 1.807) is 0 Å². The molecule has 0 fully saturated rings. The molecule has 2 aromatic rings. The highest BCUT2D eigenvalue weighted by Gasteiger charge is 2.36. The highest BCUT2D eigenvalue weighted by molar-refractivity contribution is 7.15. The van der Waals surface area contributed by atoms with Gasteiger partial charge >= 0.3 is 0 Å². The predicted molar refractivity (Wildman–Crippen MR) is 92.9 cm³/mol. The number of rotatable bonds is 2. The van der Waals surface area contributed by atoms with Gasteiger partial charge < -0.3 is 5.73 Å². The first-order chi connectivity index (χ1) is 9.83. The Hall–Kier alpha value is -1.12. The number of hydrogen-bond acceptors (Lipinski definition) is 2. The van der Waals surface area contributed by atoms with Crippen molar-refractivity contribution in [3.8, 4) is 10.4 Å². The molecule has 2 N–H and O–H groups in total. The lowest BCUT2D eigenvalue weighted by atomic mass is 9.63. The van der Waals surface area contributed by atoms with Crippen LogP contribution in [0.15, 0.2) is 30.3 Å². The van der Waals surface area contributed by atoms with Gasteiger partial charge in [0.1, 0.15) is 0 Å². The maximum absolute atomic E-state index is 5.74. The molecule has 0 saturated carbocycles. The molecule has 0 unspecified atom stereocenters. The number of thiophene rings is 1. The molecule has 0 aliphatic heterocycles. The number of hydrogen-bond donors (Lipinski definition) is 1. The molecule has 2 heteroatoms. The summed E-state index contributed by atoms with van der Waals surface area (Å²) in [7, 11) is 0. The molecular weight excluding hydrogens is 274 g/mol. The van der Waals surface area contributed by atoms with Gasteiger partial charge in [0.2, 0.25) is 0 Å². The summed E-state index contributed by atoms with van der Waals surface area (Å²) < 4.78 is 0. The fourth-order valence-corrected chi connectivity index (χ4v) is 4.27. The maximum Gasteiger partial charge on any atom is 0.0346 e. The van der Waals surface area contributed by atoms with Crippen molar-refractivity contribution in [2.24, 2.45) is 5.73 Å². The van der Waals surface area contributed by atoms with E-state index in [0.29, 0.717) is 12.0 Å². The van der Waals surface area contributed by atoms with Crippen molar-refractivity contribution >= 4 is 11.3 Å². The minimum Gasteiger partial charge on any atom is -0.326 e. The Balaban J connectivity index is 2.11. The SMILES string of the molecule is CC1(C)CCC(C)(C)c2cc(-c3ccc(CN)s3)ccc21. The van der Waals surface area contributed by atoms with Crippen LogP contribution in [0.4, 0.5) is 0 Å². The Kier molecular flexibility index (Phi) is 3.50. The lowest BCUT2D eigenvalue weighted by molar-refractivity contribution is 0.332. The highest BCUT2D eigenvalue weighted by Crippen LogP contribution is 2.47. The third-order valence-corrected chi connectivity index (χ3v) is 6.16. The largest absolute Gasteiger partial charge is 0.326 e. The molecule has 1 heterocycles. The normalized spacial score (nSPS) is 19.3. The third kappa shape index (κ3) is 2.56. The lowest BCUT2D eigenvalue weighted by Gasteiger charge is -2.42. The topological polar surface area (TPSA) is 26.0 Å². The van der Waals surface area contributed by atoms with Crippen LogP contribution >= 0.6 is 11.3 Å². The van der Waals surface area contributed by atoms with Crippen molar-refractivity contribution in [1.82, 2.24) is 0 Å². The van der Waals surface area contributed by atoms with Crippen LogP contribution in [0.2, 0.25) is 0 Å². The van der Waals surface area contributed by atoms with E-state index >= 15 is 0 Å². The van der Waals surface area contributed by atoms with Crippen LogP contribution in [0.25, 0.3) is 10.4 Å². The number of fused-ring (bicyclic) bond motifs is 1. The molecule has 1 aliphatic carbocycles. The Labute approximate surface area is 132 Å². The first-order valence-corrected chi connectivity index (χ1v) is 8.59. The highest BCUT2D eigenvalue weighted by atomic mass is 32.1. The first-order valence-electron chi connectivity index (χ1n) is 7.78. The van der Waals surface area contributed by atoms with Gasteiger partial charge in [-0.1, -0.05) is 39.8 Å². The summed E-state index contributed by atoms with van der Waals surface area (Å²) >= 11 is 1.81. The van der Waals surface area contributed by atoms with Gasteiger partial charge in [-0.3, -0.25) is 0 Å². The zero-order chi connectivity index (χ0) is 15.3. The minimum absolute atomic E-state index is 0.273. The minimum atomic E-state index is 0.273. The van der Waals surface area contributed by atoms with Crippen LogP contribution in [0.3, 0.4) is 0 Å². The second-order valence-corrected chi connectivity index (χ2v) is 8.67. The molecule has 0 atom stereocenters. The third-order valence-electron chi connectivity index (χ3n) is 5.00. The van der Waals surface area contributed by atoms with Gasteiger partial charge in [-0.15, -0.1) is 11.3 Å². The lowest BCUT2D eigenvalue weighted by Crippen LogP contribution is -2.33. The van der Waals surface area contributed by atoms with Crippen molar-refractivity contribution in [3.63, 3.8) is 0 Å². The molecule has 21 heavy (non-hydrogen) atoms. The summed E-state index contributed by atoms with van der Waals surface area (Å²) in [6.07, 6.45) is 2.53. The van der Waals surface area contributed by atoms with E-state index < -0.39 is 0 Å². The average molecular weight is 299 g/mol. The van der Waals surface area contributed by atoms with Gasteiger partial charge in [0.15, 0.2) is 0 Å². The molecule has 3 rings (SSSR count). The van der Waals surface area contributed by atoms with Gasteiger partial charge in [0, 0.05) is 16.3 Å². The molecule has 1 aromatic carbocycles. The van der Waals surface area contributed by atoms with E-state index in [-0.39, 0.29) is 5.41 Å².